The van der Waals surface area contributed by atoms with E-state index in [1.165, 1.54) is 11.8 Å². The third-order valence-electron chi connectivity index (χ3n) is 3.90. The number of imidazole rings is 1. The molecule has 0 bridgehead atoms. The summed E-state index contributed by atoms with van der Waals surface area (Å²) in [7, 11) is 3.21. The van der Waals surface area contributed by atoms with Gasteiger partial charge in [-0.2, -0.15) is 0 Å². The van der Waals surface area contributed by atoms with Crippen molar-refractivity contribution in [1.82, 2.24) is 9.55 Å². The topological polar surface area (TPSA) is 65.4 Å². The van der Waals surface area contributed by atoms with Gasteiger partial charge in [-0.1, -0.05) is 23.9 Å². The Bertz CT molecular complexity index is 940. The van der Waals surface area contributed by atoms with E-state index in [9.17, 15) is 4.79 Å². The third-order valence-corrected chi connectivity index (χ3v) is 4.87. The highest BCUT2D eigenvalue weighted by molar-refractivity contribution is 7.99. The van der Waals surface area contributed by atoms with Crippen LogP contribution >= 0.6 is 11.8 Å². The van der Waals surface area contributed by atoms with Crippen molar-refractivity contribution in [3.63, 3.8) is 0 Å². The lowest BCUT2D eigenvalue weighted by Crippen LogP contribution is -2.15. The van der Waals surface area contributed by atoms with E-state index in [1.807, 2.05) is 60.2 Å². The molecule has 1 amide bonds. The van der Waals surface area contributed by atoms with Crippen molar-refractivity contribution in [3.8, 4) is 17.2 Å². The summed E-state index contributed by atoms with van der Waals surface area (Å²) in [4.78, 5) is 16.7. The smallest absolute Gasteiger partial charge is 0.234 e. The molecule has 0 atom stereocenters. The second-order valence-electron chi connectivity index (χ2n) is 5.82. The third kappa shape index (κ3) is 4.62. The first-order valence-electron chi connectivity index (χ1n) is 8.36. The average molecular weight is 383 g/mol. The molecular weight excluding hydrogens is 362 g/mol. The van der Waals surface area contributed by atoms with Gasteiger partial charge >= 0.3 is 0 Å². The summed E-state index contributed by atoms with van der Waals surface area (Å²) in [5.74, 6) is 1.51. The Balaban J connectivity index is 1.68. The molecule has 0 aliphatic heterocycles. The first-order valence-corrected chi connectivity index (χ1v) is 9.34. The van der Waals surface area contributed by atoms with Crippen molar-refractivity contribution in [3.05, 3.63) is 60.4 Å². The van der Waals surface area contributed by atoms with Gasteiger partial charge in [0.25, 0.3) is 0 Å². The van der Waals surface area contributed by atoms with Crippen LogP contribution in [0.1, 0.15) is 5.56 Å². The molecule has 1 N–H and O–H groups in total. The molecule has 27 heavy (non-hydrogen) atoms. The van der Waals surface area contributed by atoms with E-state index < -0.39 is 0 Å². The van der Waals surface area contributed by atoms with E-state index in [0.29, 0.717) is 11.4 Å². The fourth-order valence-corrected chi connectivity index (χ4v) is 3.36. The number of aromatic nitrogens is 2. The van der Waals surface area contributed by atoms with E-state index in [-0.39, 0.29) is 11.7 Å². The van der Waals surface area contributed by atoms with Crippen LogP contribution in [0.25, 0.3) is 5.69 Å². The number of anilines is 1. The van der Waals surface area contributed by atoms with Crippen LogP contribution in [0.2, 0.25) is 0 Å². The van der Waals surface area contributed by atoms with Crippen molar-refractivity contribution < 1.29 is 14.3 Å². The molecule has 0 radical (unpaired) electrons. The van der Waals surface area contributed by atoms with Crippen LogP contribution < -0.4 is 14.8 Å². The molecule has 0 saturated carbocycles. The van der Waals surface area contributed by atoms with Crippen LogP contribution in [0.5, 0.6) is 11.5 Å². The Hall–Kier alpha value is -2.93. The Kier molecular flexibility index (Phi) is 6.03. The summed E-state index contributed by atoms with van der Waals surface area (Å²) in [6.45, 7) is 1.97. The highest BCUT2D eigenvalue weighted by atomic mass is 32.2. The summed E-state index contributed by atoms with van der Waals surface area (Å²) in [6, 6.07) is 13.4. The number of amides is 1. The molecule has 7 heteroatoms. The van der Waals surface area contributed by atoms with E-state index in [2.05, 4.69) is 10.3 Å². The maximum Gasteiger partial charge on any atom is 0.234 e. The zero-order chi connectivity index (χ0) is 19.2. The predicted molar refractivity (Wildman–Crippen MR) is 107 cm³/mol. The summed E-state index contributed by atoms with van der Waals surface area (Å²) in [5.41, 5.74) is 2.64. The van der Waals surface area contributed by atoms with Gasteiger partial charge in [0.2, 0.25) is 5.91 Å². The molecule has 1 heterocycles. The number of ether oxygens (including phenoxy) is 2. The van der Waals surface area contributed by atoms with E-state index in [1.54, 1.807) is 20.4 Å². The molecule has 0 fully saturated rings. The van der Waals surface area contributed by atoms with Crippen LogP contribution in [0, 0.1) is 6.92 Å². The van der Waals surface area contributed by atoms with E-state index in [4.69, 9.17) is 9.47 Å². The van der Waals surface area contributed by atoms with Crippen LogP contribution in [-0.2, 0) is 4.79 Å². The molecule has 0 aliphatic carbocycles. The monoisotopic (exact) mass is 383 g/mol. The molecule has 0 saturated heterocycles. The zero-order valence-electron chi connectivity index (χ0n) is 15.4. The number of thioether (sulfide) groups is 1. The van der Waals surface area contributed by atoms with Crippen molar-refractivity contribution in [2.24, 2.45) is 0 Å². The molecule has 3 aromatic rings. The molecular formula is C20H21N3O3S. The van der Waals surface area contributed by atoms with Gasteiger partial charge in [-0.15, -0.1) is 0 Å². The van der Waals surface area contributed by atoms with Crippen LogP contribution in [0.4, 0.5) is 5.69 Å². The van der Waals surface area contributed by atoms with Gasteiger partial charge in [0.15, 0.2) is 5.16 Å². The maximum absolute atomic E-state index is 12.4. The number of carbonyl (C=O) groups is 1. The highest BCUT2D eigenvalue weighted by Crippen LogP contribution is 2.26. The standard InChI is InChI=1S/C20H21N3O3S/c1-14-7-8-18(26-3)17(11-14)22-19(24)13-27-20-21-9-10-23(20)15-5-4-6-16(12-15)25-2/h4-12H,13H2,1-3H3,(H,22,24). The highest BCUT2D eigenvalue weighted by Gasteiger charge is 2.12. The lowest BCUT2D eigenvalue weighted by molar-refractivity contribution is -0.113. The second kappa shape index (κ2) is 8.64. The normalized spacial score (nSPS) is 10.5. The second-order valence-corrected chi connectivity index (χ2v) is 6.76. The first kappa shape index (κ1) is 18.8. The number of hydrogen-bond donors (Lipinski definition) is 1. The number of rotatable bonds is 7. The number of nitrogens with zero attached hydrogens (tertiary/aromatic N) is 2. The predicted octanol–water partition coefficient (Wildman–Crippen LogP) is 3.93. The lowest BCUT2D eigenvalue weighted by Gasteiger charge is -2.11. The first-order chi connectivity index (χ1) is 13.1. The molecule has 0 spiro atoms. The van der Waals surface area contributed by atoms with Gasteiger partial charge in [-0.05, 0) is 36.8 Å². The summed E-state index contributed by atoms with van der Waals surface area (Å²) in [6.07, 6.45) is 3.57. The zero-order valence-corrected chi connectivity index (χ0v) is 16.2. The van der Waals surface area contributed by atoms with E-state index >= 15 is 0 Å². The average Bonchev–Trinajstić information content (AvgIpc) is 3.15. The molecule has 140 valence electrons. The summed E-state index contributed by atoms with van der Waals surface area (Å²) < 4.78 is 12.5. The van der Waals surface area contributed by atoms with Gasteiger partial charge in [0.1, 0.15) is 11.5 Å². The molecule has 0 aliphatic rings. The number of methoxy groups -OCH3 is 2. The van der Waals surface area contributed by atoms with Crippen molar-refractivity contribution in [2.45, 2.75) is 12.1 Å². The van der Waals surface area contributed by atoms with Gasteiger partial charge in [0, 0.05) is 18.5 Å². The molecule has 6 nitrogen and oxygen atoms in total. The Morgan fingerprint density at radius 1 is 1.19 bits per heavy atom. The number of carbonyl (C=O) groups excluding carboxylic acids is 1. The maximum atomic E-state index is 12.4. The fourth-order valence-electron chi connectivity index (χ4n) is 2.59. The molecule has 1 aromatic heterocycles. The Morgan fingerprint density at radius 3 is 2.81 bits per heavy atom. The van der Waals surface area contributed by atoms with Gasteiger partial charge in [-0.25, -0.2) is 4.98 Å². The van der Waals surface area contributed by atoms with E-state index in [0.717, 1.165) is 22.2 Å². The van der Waals surface area contributed by atoms with Crippen molar-refractivity contribution in [1.29, 1.82) is 0 Å². The van der Waals surface area contributed by atoms with Crippen LogP contribution in [-0.4, -0.2) is 35.4 Å². The largest absolute Gasteiger partial charge is 0.497 e. The molecule has 0 unspecified atom stereocenters. The minimum Gasteiger partial charge on any atom is -0.497 e. The Morgan fingerprint density at radius 2 is 2.04 bits per heavy atom. The number of aryl methyl sites for hydroxylation is 1. The quantitative estimate of drug-likeness (QED) is 0.626. The minimum atomic E-state index is -0.121. The minimum absolute atomic E-state index is 0.121. The van der Waals surface area contributed by atoms with Crippen molar-refractivity contribution >= 4 is 23.4 Å². The summed E-state index contributed by atoms with van der Waals surface area (Å²) in [5, 5.41) is 3.63. The molecule has 3 rings (SSSR count). The van der Waals surface area contributed by atoms with Gasteiger partial charge < -0.3 is 14.8 Å². The van der Waals surface area contributed by atoms with Crippen LogP contribution in [0.15, 0.2) is 60.0 Å². The van der Waals surface area contributed by atoms with Gasteiger partial charge in [0.05, 0.1) is 31.3 Å². The molecule has 2 aromatic carbocycles. The van der Waals surface area contributed by atoms with Crippen molar-refractivity contribution in [2.75, 3.05) is 25.3 Å². The number of nitrogens with one attached hydrogen (secondary N) is 1. The lowest BCUT2D eigenvalue weighted by atomic mass is 10.2. The SMILES string of the molecule is COc1cccc(-n2ccnc2SCC(=O)Nc2cc(C)ccc2OC)c1. The summed E-state index contributed by atoms with van der Waals surface area (Å²) >= 11 is 1.37. The number of hydrogen-bond acceptors (Lipinski definition) is 5. The fraction of sp³-hybridized carbons (Fsp3) is 0.200. The van der Waals surface area contributed by atoms with Gasteiger partial charge in [-0.3, -0.25) is 9.36 Å². The Labute approximate surface area is 162 Å². The van der Waals surface area contributed by atoms with Crippen LogP contribution in [0.3, 0.4) is 0 Å². The number of benzene rings is 2.